The molecule has 0 saturated heterocycles. The Kier molecular flexibility index (Phi) is 14.1. The molecule has 1 aromatic rings. The zero-order valence-electron chi connectivity index (χ0n) is 17.1. The van der Waals surface area contributed by atoms with Gasteiger partial charge < -0.3 is 23.7 Å². The van der Waals surface area contributed by atoms with Crippen LogP contribution in [-0.2, 0) is 39.8 Å². The molecule has 1 aromatic carbocycles. The normalized spacial score (nSPS) is 12.1. The van der Waals surface area contributed by atoms with Gasteiger partial charge in [0.25, 0.3) is 0 Å². The molecule has 0 radical (unpaired) electrons. The van der Waals surface area contributed by atoms with E-state index in [1.165, 1.54) is 0 Å². The number of anilines is 1. The van der Waals surface area contributed by atoms with Gasteiger partial charge in [-0.25, -0.2) is 0 Å². The summed E-state index contributed by atoms with van der Waals surface area (Å²) in [5, 5.41) is 0. The summed E-state index contributed by atoms with van der Waals surface area (Å²) in [6.07, 6.45) is 3.83. The Balaban J connectivity index is 1.88. The molecule has 1 atom stereocenters. The zero-order valence-corrected chi connectivity index (χ0v) is 18.7. The van der Waals surface area contributed by atoms with E-state index in [1.807, 2.05) is 44.4 Å². The number of ketones is 1. The third-order valence-corrected chi connectivity index (χ3v) is 4.47. The number of benzene rings is 1. The van der Waals surface area contributed by atoms with Crippen LogP contribution >= 0.6 is 0 Å². The third-order valence-electron chi connectivity index (χ3n) is 3.70. The smallest absolute Gasteiger partial charge is 0.160 e. The molecule has 1 N–H and O–H groups in total. The van der Waals surface area contributed by atoms with E-state index in [2.05, 4.69) is 4.72 Å². The van der Waals surface area contributed by atoms with Crippen molar-refractivity contribution in [2.75, 3.05) is 57.2 Å². The van der Waals surface area contributed by atoms with E-state index in [0.717, 1.165) is 24.3 Å². The molecule has 1 rings (SSSR count). The minimum atomic E-state index is -0.240. The van der Waals surface area contributed by atoms with E-state index in [0.29, 0.717) is 39.6 Å². The van der Waals surface area contributed by atoms with E-state index < -0.39 is 0 Å². The van der Waals surface area contributed by atoms with Crippen LogP contribution < -0.4 is 9.46 Å². The lowest BCUT2D eigenvalue weighted by Gasteiger charge is -2.09. The molecule has 160 valence electrons. The van der Waals surface area contributed by atoms with Crippen LogP contribution in [0.3, 0.4) is 0 Å². The average Bonchev–Trinajstić information content (AvgIpc) is 2.66. The van der Waals surface area contributed by atoms with Crippen molar-refractivity contribution >= 4 is 32.3 Å². The fraction of sp³-hybridized carbons (Fsp3) is 0.650. The molecule has 0 heterocycles. The van der Waals surface area contributed by atoms with Crippen molar-refractivity contribution in [2.24, 2.45) is 5.92 Å². The first-order valence-electron chi connectivity index (χ1n) is 9.58. The number of ether oxygens (including phenoxy) is 4. The minimum absolute atomic E-state index is 0.0174. The Hall–Kier alpha value is -1.06. The van der Waals surface area contributed by atoms with Crippen molar-refractivity contribution in [1.29, 1.82) is 0 Å². The summed E-state index contributed by atoms with van der Waals surface area (Å²) in [4.78, 5) is 11.4. The summed E-state index contributed by atoms with van der Waals surface area (Å²) >= 11 is 5.12. The summed E-state index contributed by atoms with van der Waals surface area (Å²) in [5.74, 6) is 0.991. The van der Waals surface area contributed by atoms with E-state index in [1.54, 1.807) is 0 Å². The molecule has 0 aliphatic rings. The maximum atomic E-state index is 11.4. The predicted octanol–water partition coefficient (Wildman–Crippen LogP) is 3.16. The molecule has 0 saturated carbocycles. The maximum absolute atomic E-state index is 11.4. The van der Waals surface area contributed by atoms with Crippen molar-refractivity contribution in [2.45, 2.75) is 26.7 Å². The minimum Gasteiger partial charge on any atom is -0.494 e. The van der Waals surface area contributed by atoms with E-state index in [9.17, 15) is 4.79 Å². The summed E-state index contributed by atoms with van der Waals surface area (Å²) < 4.78 is 25.1. The van der Waals surface area contributed by atoms with Crippen LogP contribution in [0.5, 0.6) is 5.75 Å². The Morgan fingerprint density at radius 1 is 0.964 bits per heavy atom. The Morgan fingerprint density at radius 2 is 1.54 bits per heavy atom. The lowest BCUT2D eigenvalue weighted by atomic mass is 10.1. The highest BCUT2D eigenvalue weighted by molar-refractivity contribution is 8.29. The van der Waals surface area contributed by atoms with Gasteiger partial charge in [-0.05, 0) is 57.9 Å². The molecule has 0 aromatic heterocycles. The van der Waals surface area contributed by atoms with Crippen LogP contribution in [0, 0.1) is 5.92 Å². The van der Waals surface area contributed by atoms with Crippen LogP contribution in [0.2, 0.25) is 0 Å². The van der Waals surface area contributed by atoms with Crippen molar-refractivity contribution in [3.63, 3.8) is 0 Å². The van der Waals surface area contributed by atoms with Crippen LogP contribution in [-0.4, -0.2) is 58.3 Å². The quantitative estimate of drug-likeness (QED) is 0.380. The molecule has 0 aliphatic heterocycles. The lowest BCUT2D eigenvalue weighted by molar-refractivity contribution is -0.127. The molecule has 6 nitrogen and oxygen atoms in total. The summed E-state index contributed by atoms with van der Waals surface area (Å²) in [6, 6.07) is 7.84. The van der Waals surface area contributed by atoms with Crippen molar-refractivity contribution in [3.05, 3.63) is 24.3 Å². The second kappa shape index (κ2) is 15.8. The van der Waals surface area contributed by atoms with Gasteiger partial charge in [-0.1, -0.05) is 13.8 Å². The largest absolute Gasteiger partial charge is 0.494 e. The van der Waals surface area contributed by atoms with Crippen molar-refractivity contribution in [1.82, 2.24) is 0 Å². The van der Waals surface area contributed by atoms with Gasteiger partial charge in [0.2, 0.25) is 0 Å². The lowest BCUT2D eigenvalue weighted by Crippen LogP contribution is -2.17. The second-order valence-corrected chi connectivity index (χ2v) is 9.15. The second-order valence-electron chi connectivity index (χ2n) is 6.53. The first kappa shape index (κ1) is 25.0. The maximum Gasteiger partial charge on any atom is 0.160 e. The fourth-order valence-electron chi connectivity index (χ4n) is 2.06. The molecule has 0 amide bonds. The number of carbonyl (C=O) groups excluding carboxylic acids is 1. The highest BCUT2D eigenvalue weighted by Gasteiger charge is 2.06. The molecular weight excluding hydrogens is 398 g/mol. The summed E-state index contributed by atoms with van der Waals surface area (Å²) in [6.45, 7) is 7.24. The van der Waals surface area contributed by atoms with E-state index >= 15 is 0 Å². The van der Waals surface area contributed by atoms with Gasteiger partial charge in [-0.3, -0.25) is 4.79 Å². The highest BCUT2D eigenvalue weighted by atomic mass is 32.8. The van der Waals surface area contributed by atoms with Crippen molar-refractivity contribution in [3.8, 4) is 5.75 Å². The number of rotatable bonds is 17. The summed E-state index contributed by atoms with van der Waals surface area (Å²) in [7, 11) is -0.240. The first-order valence-corrected chi connectivity index (χ1v) is 12.1. The molecule has 0 bridgehead atoms. The molecule has 0 spiro atoms. The Morgan fingerprint density at radius 3 is 2.14 bits per heavy atom. The number of Topliss-reactive ketones (excluding diaryl/α,β-unsaturated/α-hetero) is 1. The highest BCUT2D eigenvalue weighted by Crippen LogP contribution is 2.16. The number of unbranched alkanes of at least 4 members (excludes halogenated alkanes) is 1. The fourth-order valence-corrected chi connectivity index (χ4v) is 2.82. The predicted molar refractivity (Wildman–Crippen MR) is 118 cm³/mol. The molecular formula is C20H33NO5S2. The van der Waals surface area contributed by atoms with Gasteiger partial charge in [0, 0.05) is 24.5 Å². The number of carbonyl (C=O) groups is 1. The van der Waals surface area contributed by atoms with Gasteiger partial charge >= 0.3 is 0 Å². The monoisotopic (exact) mass is 431 g/mol. The van der Waals surface area contributed by atoms with E-state index in [-0.39, 0.29) is 27.9 Å². The molecule has 0 aliphatic carbocycles. The molecule has 28 heavy (non-hydrogen) atoms. The van der Waals surface area contributed by atoms with Crippen LogP contribution in [0.25, 0.3) is 0 Å². The van der Waals surface area contributed by atoms with Gasteiger partial charge in [0.1, 0.15) is 12.4 Å². The Labute approximate surface area is 176 Å². The van der Waals surface area contributed by atoms with Crippen molar-refractivity contribution < 1.29 is 23.7 Å². The number of hydrogen-bond acceptors (Lipinski definition) is 6. The molecule has 8 heteroatoms. The SMILES string of the molecule is CC(C)C(=O)COCCOCCOCCCCOc1ccc(NS(C)=S)cc1. The number of hydrogen-bond donors (Lipinski definition) is 1. The average molecular weight is 432 g/mol. The molecule has 1 unspecified atom stereocenters. The Bertz CT molecular complexity index is 566. The standard InChI is InChI=1S/C20H33NO5S2/c1-17(2)20(22)16-25-15-14-24-13-12-23-10-4-5-11-26-19-8-6-18(7-9-19)21-28(3)27/h6-9,17,21H,4-5,10-16H2,1-3H3. The third kappa shape index (κ3) is 13.2. The van der Waals surface area contributed by atoms with Crippen LogP contribution in [0.15, 0.2) is 24.3 Å². The first-order chi connectivity index (χ1) is 13.5. The molecule has 0 fully saturated rings. The van der Waals surface area contributed by atoms with Crippen LogP contribution in [0.4, 0.5) is 5.69 Å². The van der Waals surface area contributed by atoms with E-state index in [4.69, 9.17) is 30.1 Å². The van der Waals surface area contributed by atoms with Gasteiger partial charge in [-0.2, -0.15) is 0 Å². The zero-order chi connectivity index (χ0) is 20.6. The summed E-state index contributed by atoms with van der Waals surface area (Å²) in [5.41, 5.74) is 1.01. The number of nitrogens with one attached hydrogen (secondary N) is 1. The van der Waals surface area contributed by atoms with Gasteiger partial charge in [0.05, 0.1) is 33.0 Å². The van der Waals surface area contributed by atoms with Gasteiger partial charge in [-0.15, -0.1) is 0 Å². The van der Waals surface area contributed by atoms with Crippen LogP contribution in [0.1, 0.15) is 26.7 Å². The topological polar surface area (TPSA) is 66.0 Å². The van der Waals surface area contributed by atoms with Gasteiger partial charge in [0.15, 0.2) is 5.78 Å².